The largest absolute Gasteiger partial charge is 0.469 e. The van der Waals surface area contributed by atoms with E-state index in [-0.39, 0.29) is 25.2 Å². The molecule has 1 atom stereocenters. The van der Waals surface area contributed by atoms with Gasteiger partial charge in [0.15, 0.2) is 0 Å². The van der Waals surface area contributed by atoms with Crippen molar-refractivity contribution in [2.24, 2.45) is 5.92 Å². The van der Waals surface area contributed by atoms with Crippen LogP contribution in [-0.2, 0) is 14.2 Å². The molecule has 3 N–H and O–H groups in total. The van der Waals surface area contributed by atoms with E-state index in [0.717, 1.165) is 0 Å². The number of hydrogen-bond donors (Lipinski definition) is 3. The predicted octanol–water partition coefficient (Wildman–Crippen LogP) is 0.530. The van der Waals surface area contributed by atoms with Crippen LogP contribution in [0.4, 0.5) is 0 Å². The van der Waals surface area contributed by atoms with Crippen LogP contribution in [0.3, 0.4) is 0 Å². The van der Waals surface area contributed by atoms with Crippen LogP contribution >= 0.6 is 7.82 Å². The van der Waals surface area contributed by atoms with Gasteiger partial charge >= 0.3 is 7.82 Å². The molecule has 1 unspecified atom stereocenters. The highest BCUT2D eigenvalue weighted by Gasteiger charge is 2.19. The van der Waals surface area contributed by atoms with Gasteiger partial charge in [-0.05, 0) is 18.9 Å². The lowest BCUT2D eigenvalue weighted by Gasteiger charge is -2.22. The van der Waals surface area contributed by atoms with E-state index in [1.807, 2.05) is 13.8 Å². The van der Waals surface area contributed by atoms with Gasteiger partial charge in [-0.2, -0.15) is 0 Å². The van der Waals surface area contributed by atoms with E-state index in [4.69, 9.17) is 9.79 Å². The maximum Gasteiger partial charge on any atom is 0.469 e. The molecular weight excluding hydrogens is 221 g/mol. The summed E-state index contributed by atoms with van der Waals surface area (Å²) in [6.07, 6.45) is 0.499. The lowest BCUT2D eigenvalue weighted by atomic mass is 10.1. The summed E-state index contributed by atoms with van der Waals surface area (Å²) in [7, 11) is -4.40. The molecule has 0 aromatic carbocycles. The zero-order chi connectivity index (χ0) is 11.9. The lowest BCUT2D eigenvalue weighted by Crippen LogP contribution is -2.38. The van der Waals surface area contributed by atoms with E-state index in [9.17, 15) is 9.67 Å². The molecule has 0 aliphatic heterocycles. The molecule has 0 spiro atoms. The molecule has 6 nitrogen and oxygen atoms in total. The average molecular weight is 240 g/mol. The fourth-order valence-corrected chi connectivity index (χ4v) is 1.38. The van der Waals surface area contributed by atoms with Crippen LogP contribution in [0, 0.1) is 5.92 Å². The molecule has 0 aromatic heterocycles. The second-order valence-electron chi connectivity index (χ2n) is 3.65. The van der Waals surface area contributed by atoms with Crippen molar-refractivity contribution in [2.45, 2.75) is 26.3 Å². The molecule has 0 aliphatic rings. The van der Waals surface area contributed by atoms with E-state index in [1.54, 1.807) is 0 Å². The summed E-state index contributed by atoms with van der Waals surface area (Å²) in [5, 5.41) is 13.2. The summed E-state index contributed by atoms with van der Waals surface area (Å²) < 4.78 is 14.9. The number of rotatable bonds is 8. The third kappa shape index (κ3) is 8.99. The minimum Gasteiger partial charge on any atom is -0.311 e. The van der Waals surface area contributed by atoms with E-state index < -0.39 is 7.82 Å². The van der Waals surface area contributed by atoms with Gasteiger partial charge in [0.05, 0.1) is 13.2 Å². The van der Waals surface area contributed by atoms with Gasteiger partial charge in [-0.3, -0.25) is 4.52 Å². The fourth-order valence-electron chi connectivity index (χ4n) is 1.02. The van der Waals surface area contributed by atoms with Gasteiger partial charge in [0.1, 0.15) is 0 Å². The molecule has 0 aromatic rings. The van der Waals surface area contributed by atoms with E-state index in [0.29, 0.717) is 13.0 Å². The first-order valence-electron chi connectivity index (χ1n) is 4.88. The van der Waals surface area contributed by atoms with Crippen LogP contribution in [0.5, 0.6) is 0 Å². The maximum absolute atomic E-state index is 10.5. The van der Waals surface area contributed by atoms with Crippen LogP contribution in [-0.4, -0.2) is 35.6 Å². The zero-order valence-electron chi connectivity index (χ0n) is 9.05. The standard InChI is InChI=1S/C8H19NO5P/c1-7(2)8(9-4-3-5-10)6-14-15(11,12)13/h7-9H,3-6H2,1-2H3,(H2,11,12,13). The molecular formula is C8H19NO5P. The smallest absolute Gasteiger partial charge is 0.311 e. The number of phosphoric acid groups is 1. The van der Waals surface area contributed by atoms with Gasteiger partial charge in [0.25, 0.3) is 0 Å². The third-order valence-corrected chi connectivity index (χ3v) is 2.44. The van der Waals surface area contributed by atoms with Crippen LogP contribution < -0.4 is 5.32 Å². The van der Waals surface area contributed by atoms with Gasteiger partial charge in [0, 0.05) is 6.04 Å². The summed E-state index contributed by atoms with van der Waals surface area (Å²) >= 11 is 0. The topological polar surface area (TPSA) is 98.7 Å². The van der Waals surface area contributed by atoms with Crippen molar-refractivity contribution in [3.63, 3.8) is 0 Å². The van der Waals surface area contributed by atoms with Crippen molar-refractivity contribution >= 4 is 7.82 Å². The Balaban J connectivity index is 3.89. The van der Waals surface area contributed by atoms with Gasteiger partial charge in [-0.25, -0.2) is 9.67 Å². The highest BCUT2D eigenvalue weighted by molar-refractivity contribution is 7.46. The average Bonchev–Trinajstić information content (AvgIpc) is 2.08. The molecule has 0 rings (SSSR count). The van der Waals surface area contributed by atoms with Crippen molar-refractivity contribution < 1.29 is 24.0 Å². The van der Waals surface area contributed by atoms with Gasteiger partial charge in [0.2, 0.25) is 0 Å². The molecule has 91 valence electrons. The summed E-state index contributed by atoms with van der Waals surface area (Å²) in [6.45, 7) is 4.16. The molecule has 1 radical (unpaired) electrons. The number of hydrogen-bond acceptors (Lipinski definition) is 3. The normalized spacial score (nSPS) is 14.5. The minimum atomic E-state index is -4.40. The van der Waals surface area contributed by atoms with Gasteiger partial charge in [-0.15, -0.1) is 0 Å². The fraction of sp³-hybridized carbons (Fsp3) is 1.00. The molecule has 7 heteroatoms. The van der Waals surface area contributed by atoms with Crippen LogP contribution in [0.15, 0.2) is 0 Å². The monoisotopic (exact) mass is 240 g/mol. The molecule has 0 aliphatic carbocycles. The van der Waals surface area contributed by atoms with Crippen molar-refractivity contribution in [3.8, 4) is 0 Å². The SMILES string of the molecule is CC(C)C(COP(=O)(O)O)NCCC[O]. The van der Waals surface area contributed by atoms with Gasteiger partial charge < -0.3 is 15.1 Å². The first kappa shape index (κ1) is 15.0. The third-order valence-electron chi connectivity index (χ3n) is 1.95. The summed E-state index contributed by atoms with van der Waals surface area (Å²) in [6, 6.07) is -0.149. The van der Waals surface area contributed by atoms with Crippen molar-refractivity contribution in [3.05, 3.63) is 0 Å². The molecule has 0 amide bonds. The lowest BCUT2D eigenvalue weighted by molar-refractivity contribution is 0.155. The van der Waals surface area contributed by atoms with Crippen LogP contribution in [0.25, 0.3) is 0 Å². The quantitative estimate of drug-likeness (QED) is 0.424. The van der Waals surface area contributed by atoms with E-state index in [1.165, 1.54) is 0 Å². The summed E-state index contributed by atoms with van der Waals surface area (Å²) in [4.78, 5) is 17.1. The van der Waals surface area contributed by atoms with Crippen LogP contribution in [0.1, 0.15) is 20.3 Å². The highest BCUT2D eigenvalue weighted by Crippen LogP contribution is 2.35. The first-order chi connectivity index (χ1) is 6.87. The molecule has 15 heavy (non-hydrogen) atoms. The van der Waals surface area contributed by atoms with Crippen molar-refractivity contribution in [1.29, 1.82) is 0 Å². The summed E-state index contributed by atoms with van der Waals surface area (Å²) in [5.41, 5.74) is 0. The Morgan fingerprint density at radius 1 is 1.40 bits per heavy atom. The van der Waals surface area contributed by atoms with E-state index >= 15 is 0 Å². The molecule has 0 bridgehead atoms. The molecule has 0 heterocycles. The Morgan fingerprint density at radius 2 is 2.00 bits per heavy atom. The van der Waals surface area contributed by atoms with Crippen molar-refractivity contribution in [1.82, 2.24) is 5.32 Å². The Labute approximate surface area is 89.9 Å². The Morgan fingerprint density at radius 3 is 2.40 bits per heavy atom. The molecule has 0 saturated carbocycles. The second-order valence-corrected chi connectivity index (χ2v) is 4.89. The van der Waals surface area contributed by atoms with Crippen molar-refractivity contribution in [2.75, 3.05) is 19.8 Å². The first-order valence-corrected chi connectivity index (χ1v) is 6.41. The van der Waals surface area contributed by atoms with Crippen LogP contribution in [0.2, 0.25) is 0 Å². The van der Waals surface area contributed by atoms with E-state index in [2.05, 4.69) is 9.84 Å². The molecule has 0 saturated heterocycles. The predicted molar refractivity (Wildman–Crippen MR) is 54.8 cm³/mol. The Hall–Kier alpha value is 0.0300. The number of nitrogens with one attached hydrogen (secondary N) is 1. The summed E-state index contributed by atoms with van der Waals surface area (Å²) in [5.74, 6) is 0.184. The zero-order valence-corrected chi connectivity index (χ0v) is 9.94. The Kier molecular flexibility index (Phi) is 7.34. The maximum atomic E-state index is 10.5. The minimum absolute atomic E-state index is 0.0548. The number of phosphoric ester groups is 1. The van der Waals surface area contributed by atoms with Gasteiger partial charge in [-0.1, -0.05) is 13.8 Å². The Bertz CT molecular complexity index is 205. The highest BCUT2D eigenvalue weighted by atomic mass is 31.2. The second kappa shape index (κ2) is 7.33. The molecule has 0 fully saturated rings.